The van der Waals surface area contributed by atoms with Crippen LogP contribution in [0.3, 0.4) is 0 Å². The van der Waals surface area contributed by atoms with Gasteiger partial charge in [-0.2, -0.15) is 5.10 Å². The molecule has 3 heterocycles. The van der Waals surface area contributed by atoms with Crippen LogP contribution in [0, 0.1) is 17.8 Å². The lowest BCUT2D eigenvalue weighted by Gasteiger charge is -2.37. The van der Waals surface area contributed by atoms with Crippen molar-refractivity contribution < 1.29 is 4.74 Å². The summed E-state index contributed by atoms with van der Waals surface area (Å²) < 4.78 is 8.49. The summed E-state index contributed by atoms with van der Waals surface area (Å²) >= 11 is 0. The Morgan fingerprint density at radius 1 is 1.00 bits per heavy atom. The number of likely N-dealkylation sites (tertiary alicyclic amines) is 1. The molecule has 144 valence electrons. The zero-order valence-corrected chi connectivity index (χ0v) is 16.0. The van der Waals surface area contributed by atoms with Crippen LogP contribution < -0.4 is 4.74 Å². The maximum absolute atomic E-state index is 6.38. The average molecular weight is 367 g/mol. The summed E-state index contributed by atoms with van der Waals surface area (Å²) in [7, 11) is 0. The molecule has 0 aromatic carbocycles. The molecule has 1 aliphatic heterocycles. The Labute approximate surface area is 161 Å². The highest BCUT2D eigenvalue weighted by Gasteiger charge is 2.44. The number of rotatable bonds is 5. The van der Waals surface area contributed by atoms with Gasteiger partial charge in [-0.05, 0) is 55.6 Å². The molecule has 0 unspecified atom stereocenters. The van der Waals surface area contributed by atoms with Crippen LogP contribution in [0.25, 0.3) is 0 Å². The molecular weight excluding hydrogens is 336 g/mol. The molecule has 5 heteroatoms. The Bertz CT molecular complexity index is 713. The molecule has 5 rings (SSSR count). The minimum Gasteiger partial charge on any atom is -0.472 e. The largest absolute Gasteiger partial charge is 0.472 e. The van der Waals surface area contributed by atoms with Gasteiger partial charge in [0.05, 0.1) is 6.04 Å². The minimum atomic E-state index is 0.146. The Hall–Kier alpha value is -1.88. The number of hydrogen-bond donors (Lipinski definition) is 0. The molecule has 0 radical (unpaired) electrons. The minimum absolute atomic E-state index is 0.146. The zero-order valence-electron chi connectivity index (χ0n) is 16.0. The van der Waals surface area contributed by atoms with Crippen molar-refractivity contribution in [2.75, 3.05) is 19.6 Å². The maximum Gasteiger partial charge on any atom is 0.213 e. The normalized spacial score (nSPS) is 31.9. The summed E-state index contributed by atoms with van der Waals surface area (Å²) in [6.07, 6.45) is 13.9. The summed E-state index contributed by atoms with van der Waals surface area (Å²) in [4.78, 5) is 7.14. The Morgan fingerprint density at radius 2 is 1.85 bits per heavy atom. The lowest BCUT2D eigenvalue weighted by molar-refractivity contribution is 0.0459. The van der Waals surface area contributed by atoms with Gasteiger partial charge < -0.3 is 9.64 Å². The van der Waals surface area contributed by atoms with Crippen molar-refractivity contribution >= 4 is 0 Å². The molecule has 5 nitrogen and oxygen atoms in total. The molecule has 27 heavy (non-hydrogen) atoms. The predicted octanol–water partition coefficient (Wildman–Crippen LogP) is 3.80. The molecule has 0 amide bonds. The van der Waals surface area contributed by atoms with Gasteiger partial charge in [0.1, 0.15) is 6.10 Å². The second-order valence-corrected chi connectivity index (χ2v) is 8.74. The Kier molecular flexibility index (Phi) is 4.87. The van der Waals surface area contributed by atoms with Gasteiger partial charge in [0.15, 0.2) is 0 Å². The van der Waals surface area contributed by atoms with Crippen LogP contribution in [0.15, 0.2) is 42.9 Å². The summed E-state index contributed by atoms with van der Waals surface area (Å²) in [6.45, 7) is 3.81. The number of ether oxygens (including phenoxy) is 1. The van der Waals surface area contributed by atoms with E-state index in [0.29, 0.717) is 6.04 Å². The molecule has 2 aromatic heterocycles. The van der Waals surface area contributed by atoms with E-state index in [1.165, 1.54) is 45.3 Å². The monoisotopic (exact) mass is 366 g/mol. The van der Waals surface area contributed by atoms with Crippen molar-refractivity contribution in [1.82, 2.24) is 19.7 Å². The van der Waals surface area contributed by atoms with E-state index in [2.05, 4.69) is 25.9 Å². The van der Waals surface area contributed by atoms with Crippen LogP contribution in [0.2, 0.25) is 0 Å². The number of fused-ring (bicyclic) bond motifs is 1. The van der Waals surface area contributed by atoms with E-state index in [-0.39, 0.29) is 6.10 Å². The van der Waals surface area contributed by atoms with Crippen molar-refractivity contribution in [3.63, 3.8) is 0 Å². The maximum atomic E-state index is 6.38. The SMILES string of the molecule is c1ccc(O[C@H]2C[C@@H]3CN(CC4CCCC4)C[C@@H]3C[C@@H]2n2cccn2)nc1. The second kappa shape index (κ2) is 7.63. The summed E-state index contributed by atoms with van der Waals surface area (Å²) in [5.41, 5.74) is 0. The lowest BCUT2D eigenvalue weighted by atomic mass is 9.77. The third kappa shape index (κ3) is 3.75. The van der Waals surface area contributed by atoms with Crippen molar-refractivity contribution in [1.29, 1.82) is 0 Å². The third-order valence-corrected chi connectivity index (χ3v) is 6.93. The smallest absolute Gasteiger partial charge is 0.213 e. The highest BCUT2D eigenvalue weighted by molar-refractivity contribution is 5.11. The molecule has 3 fully saturated rings. The molecule has 1 saturated heterocycles. The fourth-order valence-corrected chi connectivity index (χ4v) is 5.65. The van der Waals surface area contributed by atoms with E-state index in [1.54, 1.807) is 0 Å². The van der Waals surface area contributed by atoms with E-state index in [4.69, 9.17) is 4.74 Å². The van der Waals surface area contributed by atoms with Gasteiger partial charge in [0.25, 0.3) is 0 Å². The van der Waals surface area contributed by atoms with Crippen LogP contribution in [-0.4, -0.2) is 45.4 Å². The van der Waals surface area contributed by atoms with E-state index >= 15 is 0 Å². The van der Waals surface area contributed by atoms with Gasteiger partial charge in [0.2, 0.25) is 5.88 Å². The number of nitrogens with zero attached hydrogens (tertiary/aromatic N) is 4. The van der Waals surface area contributed by atoms with Crippen LogP contribution in [0.1, 0.15) is 44.6 Å². The van der Waals surface area contributed by atoms with E-state index in [1.807, 2.05) is 36.7 Å². The molecule has 3 aliphatic rings. The number of pyridine rings is 1. The van der Waals surface area contributed by atoms with E-state index in [0.717, 1.165) is 36.5 Å². The first kappa shape index (κ1) is 17.2. The summed E-state index contributed by atoms with van der Waals surface area (Å²) in [6, 6.07) is 8.22. The van der Waals surface area contributed by atoms with Crippen molar-refractivity contribution in [3.05, 3.63) is 42.9 Å². The van der Waals surface area contributed by atoms with Gasteiger partial charge in [-0.25, -0.2) is 4.98 Å². The van der Waals surface area contributed by atoms with Gasteiger partial charge in [-0.3, -0.25) is 4.68 Å². The van der Waals surface area contributed by atoms with Crippen LogP contribution in [0.5, 0.6) is 5.88 Å². The molecule has 0 spiro atoms. The van der Waals surface area contributed by atoms with Crippen molar-refractivity contribution in [2.24, 2.45) is 17.8 Å². The fourth-order valence-electron chi connectivity index (χ4n) is 5.65. The molecule has 2 saturated carbocycles. The lowest BCUT2D eigenvalue weighted by Crippen LogP contribution is -2.40. The van der Waals surface area contributed by atoms with Gasteiger partial charge in [0, 0.05) is 44.3 Å². The van der Waals surface area contributed by atoms with Gasteiger partial charge >= 0.3 is 0 Å². The Morgan fingerprint density at radius 3 is 2.59 bits per heavy atom. The summed E-state index contributed by atoms with van der Waals surface area (Å²) in [5.74, 6) is 3.18. The van der Waals surface area contributed by atoms with E-state index < -0.39 is 0 Å². The molecule has 2 aromatic rings. The topological polar surface area (TPSA) is 43.2 Å². The Balaban J connectivity index is 1.30. The average Bonchev–Trinajstić information content (AvgIpc) is 3.44. The molecule has 4 atom stereocenters. The van der Waals surface area contributed by atoms with Crippen LogP contribution in [0.4, 0.5) is 0 Å². The van der Waals surface area contributed by atoms with Crippen LogP contribution in [-0.2, 0) is 0 Å². The molecule has 0 N–H and O–H groups in total. The molecule has 0 bridgehead atoms. The van der Waals surface area contributed by atoms with Gasteiger partial charge in [-0.1, -0.05) is 18.9 Å². The van der Waals surface area contributed by atoms with Crippen LogP contribution >= 0.6 is 0 Å². The zero-order chi connectivity index (χ0) is 18.1. The second-order valence-electron chi connectivity index (χ2n) is 8.74. The molecule has 2 aliphatic carbocycles. The number of aromatic nitrogens is 3. The standard InChI is InChI=1S/C22H30N4O/c1-2-7-17(6-1)14-25-15-18-12-20(26-11-5-10-24-26)21(13-19(18)16-25)27-22-8-3-4-9-23-22/h3-5,8-11,17-21H,1-2,6-7,12-16H2/t18-,19+,20-,21-/m0/s1. The van der Waals surface area contributed by atoms with Gasteiger partial charge in [-0.15, -0.1) is 0 Å². The highest BCUT2D eigenvalue weighted by Crippen LogP contribution is 2.43. The van der Waals surface area contributed by atoms with E-state index in [9.17, 15) is 0 Å². The van der Waals surface area contributed by atoms with Crippen molar-refractivity contribution in [2.45, 2.75) is 50.7 Å². The predicted molar refractivity (Wildman–Crippen MR) is 105 cm³/mol. The van der Waals surface area contributed by atoms with Crippen molar-refractivity contribution in [3.8, 4) is 5.88 Å². The highest BCUT2D eigenvalue weighted by atomic mass is 16.5. The first-order chi connectivity index (χ1) is 13.3. The quantitative estimate of drug-likeness (QED) is 0.807. The first-order valence-corrected chi connectivity index (χ1v) is 10.6. The molecular formula is C22H30N4O. The summed E-state index contributed by atoms with van der Waals surface area (Å²) in [5, 5.41) is 4.55. The third-order valence-electron chi connectivity index (χ3n) is 6.93. The number of hydrogen-bond acceptors (Lipinski definition) is 4. The fraction of sp³-hybridized carbons (Fsp3) is 0.636. The first-order valence-electron chi connectivity index (χ1n) is 10.6.